The molecular formula is C16H11N3O2S. The Morgan fingerprint density at radius 3 is 2.95 bits per heavy atom. The van der Waals surface area contributed by atoms with Crippen molar-refractivity contribution in [1.29, 1.82) is 0 Å². The molecule has 3 aromatic rings. The first-order valence-electron chi connectivity index (χ1n) is 6.53. The maximum absolute atomic E-state index is 12.1. The van der Waals surface area contributed by atoms with Gasteiger partial charge in [-0.2, -0.15) is 0 Å². The van der Waals surface area contributed by atoms with Crippen LogP contribution in [0.2, 0.25) is 0 Å². The fourth-order valence-corrected chi connectivity index (χ4v) is 2.54. The van der Waals surface area contributed by atoms with Gasteiger partial charge in [-0.1, -0.05) is 30.0 Å². The van der Waals surface area contributed by atoms with Gasteiger partial charge in [0.25, 0.3) is 11.5 Å². The smallest absolute Gasteiger partial charge is 0.271 e. The monoisotopic (exact) mass is 309 g/mol. The Bertz CT molecular complexity index is 932. The van der Waals surface area contributed by atoms with E-state index in [9.17, 15) is 9.59 Å². The van der Waals surface area contributed by atoms with Crippen LogP contribution in [-0.4, -0.2) is 21.8 Å². The summed E-state index contributed by atoms with van der Waals surface area (Å²) < 4.78 is 1.36. The van der Waals surface area contributed by atoms with Gasteiger partial charge in [-0.15, -0.1) is 11.3 Å². The van der Waals surface area contributed by atoms with Gasteiger partial charge < -0.3 is 5.32 Å². The lowest BCUT2D eigenvalue weighted by atomic mass is 10.2. The summed E-state index contributed by atoms with van der Waals surface area (Å²) in [5, 5.41) is 4.35. The first-order chi connectivity index (χ1) is 10.8. The van der Waals surface area contributed by atoms with E-state index in [-0.39, 0.29) is 17.7 Å². The van der Waals surface area contributed by atoms with Crippen LogP contribution in [0.3, 0.4) is 0 Å². The molecule has 0 bridgehead atoms. The molecule has 6 heteroatoms. The Hall–Kier alpha value is -2.91. The van der Waals surface area contributed by atoms with Crippen LogP contribution in [0.4, 0.5) is 0 Å². The molecule has 0 aliphatic heterocycles. The molecule has 3 rings (SSSR count). The number of amides is 1. The third kappa shape index (κ3) is 2.90. The maximum Gasteiger partial charge on any atom is 0.271 e. The van der Waals surface area contributed by atoms with Crippen LogP contribution in [-0.2, 0) is 0 Å². The number of benzene rings is 1. The van der Waals surface area contributed by atoms with Crippen LogP contribution in [0.5, 0.6) is 0 Å². The summed E-state index contributed by atoms with van der Waals surface area (Å²) in [6.07, 6.45) is 2.90. The Labute approximate surface area is 130 Å². The summed E-state index contributed by atoms with van der Waals surface area (Å²) in [6.45, 7) is 0.166. The van der Waals surface area contributed by atoms with Crippen molar-refractivity contribution in [1.82, 2.24) is 14.7 Å². The lowest BCUT2D eigenvalue weighted by Crippen LogP contribution is -2.31. The molecule has 22 heavy (non-hydrogen) atoms. The summed E-state index contributed by atoms with van der Waals surface area (Å²) in [4.78, 5) is 28.8. The number of carbonyl (C=O) groups excluding carboxylic acids is 1. The second-order valence-corrected chi connectivity index (χ2v) is 5.26. The van der Waals surface area contributed by atoms with Crippen LogP contribution < -0.4 is 10.9 Å². The average Bonchev–Trinajstić information content (AvgIpc) is 3.02. The first kappa shape index (κ1) is 14.0. The zero-order valence-corrected chi connectivity index (χ0v) is 12.3. The van der Waals surface area contributed by atoms with Crippen molar-refractivity contribution in [3.05, 3.63) is 69.6 Å². The van der Waals surface area contributed by atoms with E-state index in [1.165, 1.54) is 21.9 Å². The number of rotatable bonds is 2. The standard InChI is InChI=1S/C16H11N3O2S/c20-14(17-8-4-7-12-5-2-1-3-6-12)13-11-18-16-19(15(13)21)9-10-22-16/h1-3,5-6,9-11H,8H2,(H,17,20). The largest absolute Gasteiger partial charge is 0.341 e. The van der Waals surface area contributed by atoms with Crippen molar-refractivity contribution in [2.45, 2.75) is 0 Å². The predicted molar refractivity (Wildman–Crippen MR) is 85.0 cm³/mol. The highest BCUT2D eigenvalue weighted by atomic mass is 32.1. The minimum absolute atomic E-state index is 0.0115. The van der Waals surface area contributed by atoms with Gasteiger partial charge >= 0.3 is 0 Å². The quantitative estimate of drug-likeness (QED) is 0.730. The first-order valence-corrected chi connectivity index (χ1v) is 7.40. The zero-order chi connectivity index (χ0) is 15.4. The third-order valence-corrected chi connectivity index (χ3v) is 3.70. The lowest BCUT2D eigenvalue weighted by molar-refractivity contribution is 0.0956. The van der Waals surface area contributed by atoms with Crippen LogP contribution in [0.15, 0.2) is 52.9 Å². The van der Waals surface area contributed by atoms with E-state index in [2.05, 4.69) is 22.1 Å². The molecule has 0 aliphatic carbocycles. The highest BCUT2D eigenvalue weighted by Crippen LogP contribution is 2.05. The van der Waals surface area contributed by atoms with Gasteiger partial charge in [0, 0.05) is 23.3 Å². The third-order valence-electron chi connectivity index (χ3n) is 2.93. The minimum Gasteiger partial charge on any atom is -0.341 e. The van der Waals surface area contributed by atoms with Crippen LogP contribution in [0, 0.1) is 11.8 Å². The highest BCUT2D eigenvalue weighted by Gasteiger charge is 2.12. The summed E-state index contributed by atoms with van der Waals surface area (Å²) in [5.41, 5.74) is 0.510. The number of hydrogen-bond acceptors (Lipinski definition) is 4. The molecule has 1 N–H and O–H groups in total. The SMILES string of the molecule is O=C(NCC#Cc1ccccc1)c1cnc2sccn2c1=O. The van der Waals surface area contributed by atoms with E-state index >= 15 is 0 Å². The molecule has 1 amide bonds. The number of hydrogen-bond donors (Lipinski definition) is 1. The van der Waals surface area contributed by atoms with Crippen molar-refractivity contribution in [2.24, 2.45) is 0 Å². The van der Waals surface area contributed by atoms with Gasteiger partial charge in [-0.05, 0) is 12.1 Å². The van der Waals surface area contributed by atoms with E-state index in [4.69, 9.17) is 0 Å². The van der Waals surface area contributed by atoms with Gasteiger partial charge in [0.2, 0.25) is 0 Å². The Kier molecular flexibility index (Phi) is 3.99. The van der Waals surface area contributed by atoms with Gasteiger partial charge in [0.15, 0.2) is 4.96 Å². The van der Waals surface area contributed by atoms with E-state index in [1.807, 2.05) is 30.3 Å². The Balaban J connectivity index is 1.70. The molecule has 0 saturated carbocycles. The molecule has 0 spiro atoms. The van der Waals surface area contributed by atoms with E-state index in [0.717, 1.165) is 5.56 Å². The Morgan fingerprint density at radius 2 is 2.14 bits per heavy atom. The molecule has 0 fully saturated rings. The molecule has 1 aromatic carbocycles. The van der Waals surface area contributed by atoms with Crippen LogP contribution in [0.1, 0.15) is 15.9 Å². The molecule has 0 radical (unpaired) electrons. The van der Waals surface area contributed by atoms with Crippen LogP contribution in [0.25, 0.3) is 4.96 Å². The second kappa shape index (κ2) is 6.24. The molecule has 2 aromatic heterocycles. The average molecular weight is 309 g/mol. The summed E-state index contributed by atoms with van der Waals surface area (Å²) in [6, 6.07) is 9.47. The molecule has 0 unspecified atom stereocenters. The van der Waals surface area contributed by atoms with Gasteiger partial charge in [0.05, 0.1) is 6.54 Å². The van der Waals surface area contributed by atoms with E-state index < -0.39 is 5.91 Å². The number of thiazole rings is 1. The number of fused-ring (bicyclic) bond motifs is 1. The molecule has 108 valence electrons. The summed E-state index contributed by atoms with van der Waals surface area (Å²) in [7, 11) is 0. The molecule has 2 heterocycles. The fraction of sp³-hybridized carbons (Fsp3) is 0.0625. The molecule has 0 saturated heterocycles. The van der Waals surface area contributed by atoms with E-state index in [1.54, 1.807) is 11.6 Å². The zero-order valence-electron chi connectivity index (χ0n) is 11.4. The van der Waals surface area contributed by atoms with Crippen LogP contribution >= 0.6 is 11.3 Å². The number of nitrogens with one attached hydrogen (secondary N) is 1. The second-order valence-electron chi connectivity index (χ2n) is 4.38. The van der Waals surface area contributed by atoms with Crippen molar-refractivity contribution >= 4 is 22.2 Å². The topological polar surface area (TPSA) is 63.5 Å². The molecule has 0 atom stereocenters. The van der Waals surface area contributed by atoms with Gasteiger partial charge in [-0.25, -0.2) is 4.98 Å². The lowest BCUT2D eigenvalue weighted by Gasteiger charge is -2.00. The Morgan fingerprint density at radius 1 is 1.32 bits per heavy atom. The van der Waals surface area contributed by atoms with Gasteiger partial charge in [-0.3, -0.25) is 14.0 Å². The van der Waals surface area contributed by atoms with Crippen molar-refractivity contribution < 1.29 is 4.79 Å². The maximum atomic E-state index is 12.1. The van der Waals surface area contributed by atoms with Gasteiger partial charge in [0.1, 0.15) is 5.56 Å². The predicted octanol–water partition coefficient (Wildman–Crippen LogP) is 1.54. The summed E-state index contributed by atoms with van der Waals surface area (Å²) in [5.74, 6) is 5.30. The van der Waals surface area contributed by atoms with E-state index in [0.29, 0.717) is 4.96 Å². The van der Waals surface area contributed by atoms with Crippen molar-refractivity contribution in [3.63, 3.8) is 0 Å². The number of aromatic nitrogens is 2. The number of carbonyl (C=O) groups is 1. The molecular weight excluding hydrogens is 298 g/mol. The minimum atomic E-state index is -0.472. The van der Waals surface area contributed by atoms with Crippen molar-refractivity contribution in [3.8, 4) is 11.8 Å². The summed E-state index contributed by atoms with van der Waals surface area (Å²) >= 11 is 1.34. The number of nitrogens with zero attached hydrogens (tertiary/aromatic N) is 2. The molecule has 5 nitrogen and oxygen atoms in total. The molecule has 0 aliphatic rings. The highest BCUT2D eigenvalue weighted by molar-refractivity contribution is 7.15. The fourth-order valence-electron chi connectivity index (χ4n) is 1.87. The van der Waals surface area contributed by atoms with Crippen molar-refractivity contribution in [2.75, 3.05) is 6.54 Å². The normalized spacial score (nSPS) is 10.0.